The molecule has 2 nitrogen and oxygen atoms in total. The lowest BCUT2D eigenvalue weighted by molar-refractivity contribution is -0.679. The van der Waals surface area contributed by atoms with Gasteiger partial charge in [0.1, 0.15) is 18.3 Å². The van der Waals surface area contributed by atoms with Crippen LogP contribution in [0, 0.1) is 6.92 Å². The van der Waals surface area contributed by atoms with Crippen molar-refractivity contribution in [2.75, 3.05) is 0 Å². The minimum atomic E-state index is 0.322. The molecule has 0 aliphatic heterocycles. The molecule has 1 unspecified atom stereocenters. The van der Waals surface area contributed by atoms with Gasteiger partial charge in [0.15, 0.2) is 0 Å². The van der Waals surface area contributed by atoms with Gasteiger partial charge in [-0.05, 0) is 34.7 Å². The molecule has 3 aromatic rings. The Balaban J connectivity index is 0.000000556. The number of aromatic nitrogens is 2. The molecule has 0 amide bonds. The first-order chi connectivity index (χ1) is 13.2. The van der Waals surface area contributed by atoms with Crippen LogP contribution in [0.1, 0.15) is 70.0 Å². The van der Waals surface area contributed by atoms with Gasteiger partial charge in [-0.3, -0.25) is 0 Å². The molecule has 0 spiro atoms. The van der Waals surface area contributed by atoms with Gasteiger partial charge < -0.3 is 0 Å². The number of nitrogens with zero attached hydrogens (tertiary/aromatic N) is 2. The second kappa shape index (κ2) is 10.7. The van der Waals surface area contributed by atoms with Crippen LogP contribution in [0.15, 0.2) is 54.9 Å². The van der Waals surface area contributed by atoms with Gasteiger partial charge in [0, 0.05) is 0 Å². The van der Waals surface area contributed by atoms with Gasteiger partial charge in [0.05, 0.1) is 14.1 Å². The van der Waals surface area contributed by atoms with Crippen molar-refractivity contribution in [1.29, 1.82) is 0 Å². The molecular formula is C25H37N2+. The number of hydrogen-bond acceptors (Lipinski definition) is 0. The first-order valence-electron chi connectivity index (χ1n) is 10.4. The highest BCUT2D eigenvalue weighted by molar-refractivity contribution is 5.81. The van der Waals surface area contributed by atoms with Crippen LogP contribution in [0.2, 0.25) is 0 Å². The Morgan fingerprint density at radius 3 is 2.00 bits per heavy atom. The third-order valence-electron chi connectivity index (χ3n) is 4.67. The molecule has 0 radical (unpaired) electrons. The van der Waals surface area contributed by atoms with E-state index in [9.17, 15) is 0 Å². The summed E-state index contributed by atoms with van der Waals surface area (Å²) in [6.07, 6.45) is 4.27. The monoisotopic (exact) mass is 365 g/mol. The van der Waals surface area contributed by atoms with E-state index in [2.05, 4.69) is 85.0 Å². The second-order valence-electron chi connectivity index (χ2n) is 5.93. The van der Waals surface area contributed by atoms with E-state index in [0.29, 0.717) is 5.92 Å². The molecule has 1 aliphatic rings. The summed E-state index contributed by atoms with van der Waals surface area (Å²) in [6.45, 7) is 14.2. The molecule has 0 N–H and O–H groups in total. The zero-order valence-corrected chi connectivity index (χ0v) is 18.7. The van der Waals surface area contributed by atoms with Gasteiger partial charge >= 0.3 is 0 Å². The van der Waals surface area contributed by atoms with Gasteiger partial charge in [0.2, 0.25) is 0 Å². The molecule has 0 bridgehead atoms. The molecule has 146 valence electrons. The molecule has 2 aromatic carbocycles. The maximum Gasteiger partial charge on any atom is 0.268 e. The molecular weight excluding hydrogens is 328 g/mol. The highest BCUT2D eigenvalue weighted by atomic mass is 15.1. The molecule has 2 heteroatoms. The van der Waals surface area contributed by atoms with E-state index >= 15 is 0 Å². The summed E-state index contributed by atoms with van der Waals surface area (Å²) in [4.78, 5) is 0. The second-order valence-corrected chi connectivity index (χ2v) is 5.93. The third kappa shape index (κ3) is 4.16. The Hall–Kier alpha value is -2.35. The Morgan fingerprint density at radius 1 is 0.815 bits per heavy atom. The quantitative estimate of drug-likeness (QED) is 0.345. The van der Waals surface area contributed by atoms with Crippen LogP contribution in [0.3, 0.4) is 0 Å². The molecule has 1 heterocycles. The van der Waals surface area contributed by atoms with E-state index in [4.69, 9.17) is 0 Å². The van der Waals surface area contributed by atoms with Crippen LogP contribution in [-0.4, -0.2) is 4.57 Å². The van der Waals surface area contributed by atoms with Gasteiger partial charge in [0.25, 0.3) is 5.82 Å². The zero-order chi connectivity index (χ0) is 20.6. The lowest BCUT2D eigenvalue weighted by atomic mass is 9.92. The van der Waals surface area contributed by atoms with E-state index in [1.54, 1.807) is 0 Å². The summed E-state index contributed by atoms with van der Waals surface area (Å²) < 4.78 is 4.48. The third-order valence-corrected chi connectivity index (χ3v) is 4.67. The van der Waals surface area contributed by atoms with Crippen molar-refractivity contribution in [2.45, 2.75) is 54.4 Å². The summed E-state index contributed by atoms with van der Waals surface area (Å²) in [5.41, 5.74) is 7.00. The maximum absolute atomic E-state index is 2.27. The number of fused-ring (bicyclic) bond motifs is 3. The average Bonchev–Trinajstić information content (AvgIpc) is 3.24. The van der Waals surface area contributed by atoms with Crippen LogP contribution >= 0.6 is 0 Å². The predicted molar refractivity (Wildman–Crippen MR) is 118 cm³/mol. The lowest BCUT2D eigenvalue weighted by Crippen LogP contribution is -2.34. The van der Waals surface area contributed by atoms with Crippen LogP contribution < -0.4 is 4.57 Å². The largest absolute Gasteiger partial charge is 0.268 e. The van der Waals surface area contributed by atoms with Gasteiger partial charge in [-0.1, -0.05) is 84.0 Å². The fourth-order valence-electron chi connectivity index (χ4n) is 3.73. The molecule has 1 aliphatic carbocycles. The first kappa shape index (κ1) is 22.7. The Bertz CT molecular complexity index is 824. The standard InChI is InChI=1S/C19H19N2.3C2H6/c1-13-7-6-10-15-14-8-4-5-9-16(14)18(17(13)15)19-20(2)11-12-21(19)3;3*1-2/h4-12,18H,1-3H3;3*1-2H3/q+1;;;. The molecule has 0 fully saturated rings. The fourth-order valence-corrected chi connectivity index (χ4v) is 3.73. The minimum Gasteiger partial charge on any atom is -0.236 e. The molecule has 27 heavy (non-hydrogen) atoms. The van der Waals surface area contributed by atoms with Crippen LogP contribution in [0.25, 0.3) is 11.1 Å². The van der Waals surface area contributed by atoms with Crippen LogP contribution in [0.5, 0.6) is 0 Å². The normalized spacial score (nSPS) is 13.0. The zero-order valence-electron chi connectivity index (χ0n) is 18.7. The van der Waals surface area contributed by atoms with Gasteiger partial charge in [-0.2, -0.15) is 0 Å². The number of hydrogen-bond donors (Lipinski definition) is 0. The summed E-state index contributed by atoms with van der Waals surface area (Å²) >= 11 is 0. The highest BCUT2D eigenvalue weighted by Crippen LogP contribution is 2.48. The maximum atomic E-state index is 2.27. The number of rotatable bonds is 1. The molecule has 1 aromatic heterocycles. The summed E-state index contributed by atoms with van der Waals surface area (Å²) in [5, 5.41) is 0. The minimum absolute atomic E-state index is 0.322. The topological polar surface area (TPSA) is 8.81 Å². The summed E-state index contributed by atoms with van der Waals surface area (Å²) in [6, 6.07) is 15.4. The predicted octanol–water partition coefficient (Wildman–Crippen LogP) is 6.40. The van der Waals surface area contributed by atoms with E-state index in [1.807, 2.05) is 41.5 Å². The van der Waals surface area contributed by atoms with Crippen molar-refractivity contribution in [3.63, 3.8) is 0 Å². The first-order valence-corrected chi connectivity index (χ1v) is 10.4. The summed E-state index contributed by atoms with van der Waals surface area (Å²) in [5.74, 6) is 1.65. The SMILES string of the molecule is CC.CC.CC.Cc1cccc2c1C(c1n(C)cc[n+]1C)c1ccccc1-2. The number of benzene rings is 2. The molecule has 1 atom stereocenters. The summed E-state index contributed by atoms with van der Waals surface area (Å²) in [7, 11) is 4.27. The number of aryl methyl sites for hydroxylation is 3. The Kier molecular flexibility index (Phi) is 9.00. The van der Waals surface area contributed by atoms with Crippen molar-refractivity contribution in [1.82, 2.24) is 4.57 Å². The number of imidazole rings is 1. The Morgan fingerprint density at radius 2 is 1.41 bits per heavy atom. The van der Waals surface area contributed by atoms with E-state index in [-0.39, 0.29) is 0 Å². The van der Waals surface area contributed by atoms with E-state index in [1.165, 1.54) is 33.6 Å². The van der Waals surface area contributed by atoms with Crippen molar-refractivity contribution >= 4 is 0 Å². The van der Waals surface area contributed by atoms with Crippen molar-refractivity contribution < 1.29 is 4.57 Å². The van der Waals surface area contributed by atoms with Gasteiger partial charge in [-0.25, -0.2) is 9.13 Å². The Labute approximate surface area is 166 Å². The van der Waals surface area contributed by atoms with Crippen LogP contribution in [-0.2, 0) is 14.1 Å². The van der Waals surface area contributed by atoms with E-state index < -0.39 is 0 Å². The van der Waals surface area contributed by atoms with Gasteiger partial charge in [-0.15, -0.1) is 0 Å². The molecule has 4 rings (SSSR count). The van der Waals surface area contributed by atoms with E-state index in [0.717, 1.165) is 0 Å². The lowest BCUT2D eigenvalue weighted by Gasteiger charge is -2.13. The molecule has 0 saturated carbocycles. The molecule has 0 saturated heterocycles. The van der Waals surface area contributed by atoms with Crippen molar-refractivity contribution in [3.05, 3.63) is 77.4 Å². The van der Waals surface area contributed by atoms with Crippen molar-refractivity contribution in [2.24, 2.45) is 14.1 Å². The smallest absolute Gasteiger partial charge is 0.236 e. The van der Waals surface area contributed by atoms with Crippen LogP contribution in [0.4, 0.5) is 0 Å². The van der Waals surface area contributed by atoms with Crippen molar-refractivity contribution in [3.8, 4) is 11.1 Å². The average molecular weight is 366 g/mol. The fraction of sp³-hybridized carbons (Fsp3) is 0.400. The highest BCUT2D eigenvalue weighted by Gasteiger charge is 2.37.